The second-order valence-corrected chi connectivity index (χ2v) is 8.08. The number of hydrogen-bond donors (Lipinski definition) is 1. The van der Waals surface area contributed by atoms with Crippen LogP contribution in [0.15, 0.2) is 59.5 Å². The smallest absolute Gasteiger partial charge is 0.226 e. The van der Waals surface area contributed by atoms with E-state index in [1.807, 2.05) is 37.7 Å². The molecule has 2 aromatic rings. The Kier molecular flexibility index (Phi) is 8.72. The van der Waals surface area contributed by atoms with Gasteiger partial charge in [-0.25, -0.2) is 0 Å². The molecule has 0 atom stereocenters. The van der Waals surface area contributed by atoms with E-state index in [9.17, 15) is 4.79 Å². The molecule has 2 aromatic carbocycles. The molecular weight excluding hydrogens is 340 g/mol. The molecule has 0 fully saturated rings. The van der Waals surface area contributed by atoms with E-state index in [-0.39, 0.29) is 11.8 Å². The summed E-state index contributed by atoms with van der Waals surface area (Å²) in [7, 11) is 2.19. The number of hydrogen-bond acceptors (Lipinski definition) is 3. The zero-order valence-corrected chi connectivity index (χ0v) is 16.9. The molecule has 26 heavy (non-hydrogen) atoms. The molecule has 0 aliphatic carbocycles. The van der Waals surface area contributed by atoms with Crippen molar-refractivity contribution in [3.8, 4) is 0 Å². The molecule has 1 N–H and O–H groups in total. The Morgan fingerprint density at radius 1 is 1.04 bits per heavy atom. The summed E-state index contributed by atoms with van der Waals surface area (Å²) in [6, 6.07) is 18.8. The van der Waals surface area contributed by atoms with Crippen LogP contribution in [0, 0.1) is 5.92 Å². The number of likely N-dealkylation sites (N-methyl/N-ethyl adjacent to an activating group) is 1. The lowest BCUT2D eigenvalue weighted by Crippen LogP contribution is -2.22. The summed E-state index contributed by atoms with van der Waals surface area (Å²) in [4.78, 5) is 15.3. The lowest BCUT2D eigenvalue weighted by atomic mass is 10.1. The highest BCUT2D eigenvalue weighted by Gasteiger charge is 2.06. The second kappa shape index (κ2) is 11.0. The molecule has 0 saturated carbocycles. The predicted octanol–water partition coefficient (Wildman–Crippen LogP) is 4.94. The molecule has 0 radical (unpaired) electrons. The molecule has 4 heteroatoms. The molecule has 1 amide bonds. The molecule has 0 spiro atoms. The fraction of sp³-hybridized carbons (Fsp3) is 0.409. The van der Waals surface area contributed by atoms with Crippen molar-refractivity contribution >= 4 is 23.4 Å². The Bertz CT molecular complexity index is 656. The molecular formula is C22H30N2OS. The van der Waals surface area contributed by atoms with Gasteiger partial charge in [0, 0.05) is 23.0 Å². The van der Waals surface area contributed by atoms with Gasteiger partial charge in [-0.15, -0.1) is 11.8 Å². The van der Waals surface area contributed by atoms with Crippen molar-refractivity contribution in [3.05, 3.63) is 60.2 Å². The number of thioether (sulfide) groups is 1. The van der Waals surface area contributed by atoms with Crippen molar-refractivity contribution < 1.29 is 4.79 Å². The fourth-order valence-corrected chi connectivity index (χ4v) is 3.36. The topological polar surface area (TPSA) is 32.3 Å². The SMILES string of the molecule is CC(C)C(=O)Nc1ccc(SCCCN(C)CCc2ccccc2)cc1. The minimum absolute atomic E-state index is 0.00271. The maximum absolute atomic E-state index is 11.7. The Morgan fingerprint density at radius 2 is 1.73 bits per heavy atom. The maximum Gasteiger partial charge on any atom is 0.226 e. The predicted molar refractivity (Wildman–Crippen MR) is 113 cm³/mol. The Labute approximate surface area is 162 Å². The largest absolute Gasteiger partial charge is 0.326 e. The van der Waals surface area contributed by atoms with E-state index in [1.54, 1.807) is 0 Å². The van der Waals surface area contributed by atoms with Gasteiger partial charge < -0.3 is 10.2 Å². The summed E-state index contributed by atoms with van der Waals surface area (Å²) >= 11 is 1.87. The summed E-state index contributed by atoms with van der Waals surface area (Å²) in [6.07, 6.45) is 2.27. The van der Waals surface area contributed by atoms with Crippen LogP contribution in [0.1, 0.15) is 25.8 Å². The number of carbonyl (C=O) groups is 1. The summed E-state index contributed by atoms with van der Waals surface area (Å²) in [5, 5.41) is 2.92. The molecule has 0 bridgehead atoms. The third-order valence-corrected chi connectivity index (χ3v) is 5.32. The monoisotopic (exact) mass is 370 g/mol. The number of nitrogens with one attached hydrogen (secondary N) is 1. The molecule has 0 aromatic heterocycles. The molecule has 0 unspecified atom stereocenters. The highest BCUT2D eigenvalue weighted by atomic mass is 32.2. The first kappa shape index (κ1) is 20.5. The van der Waals surface area contributed by atoms with Gasteiger partial charge >= 0.3 is 0 Å². The summed E-state index contributed by atoms with van der Waals surface area (Å²) in [6.45, 7) is 6.01. The maximum atomic E-state index is 11.7. The van der Waals surface area contributed by atoms with E-state index in [0.717, 1.165) is 31.0 Å². The summed E-state index contributed by atoms with van der Waals surface area (Å²) in [5.74, 6) is 1.17. The first-order valence-corrected chi connectivity index (χ1v) is 10.3. The molecule has 140 valence electrons. The van der Waals surface area contributed by atoms with E-state index >= 15 is 0 Å². The third-order valence-electron chi connectivity index (χ3n) is 4.22. The minimum atomic E-state index is 0.00271. The van der Waals surface area contributed by atoms with Crippen molar-refractivity contribution in [3.63, 3.8) is 0 Å². The van der Waals surface area contributed by atoms with Gasteiger partial charge in [0.1, 0.15) is 0 Å². The molecule has 0 saturated heterocycles. The van der Waals surface area contributed by atoms with Crippen molar-refractivity contribution in [2.24, 2.45) is 5.92 Å². The molecule has 0 aliphatic heterocycles. The van der Waals surface area contributed by atoms with Gasteiger partial charge in [-0.1, -0.05) is 44.2 Å². The van der Waals surface area contributed by atoms with Crippen molar-refractivity contribution in [2.45, 2.75) is 31.6 Å². The van der Waals surface area contributed by atoms with Crippen molar-refractivity contribution in [2.75, 3.05) is 31.2 Å². The van der Waals surface area contributed by atoms with Crippen LogP contribution < -0.4 is 5.32 Å². The van der Waals surface area contributed by atoms with Crippen LogP contribution >= 0.6 is 11.8 Å². The number of carbonyl (C=O) groups excluding carboxylic acids is 1. The van der Waals surface area contributed by atoms with Crippen LogP contribution in [-0.2, 0) is 11.2 Å². The van der Waals surface area contributed by atoms with Gasteiger partial charge in [0.05, 0.1) is 0 Å². The molecule has 0 aliphatic rings. The van der Waals surface area contributed by atoms with Gasteiger partial charge in [0.2, 0.25) is 5.91 Å². The number of amides is 1. The van der Waals surface area contributed by atoms with Crippen LogP contribution in [-0.4, -0.2) is 36.7 Å². The van der Waals surface area contributed by atoms with Crippen LogP contribution in [0.2, 0.25) is 0 Å². The normalized spacial score (nSPS) is 11.1. The Morgan fingerprint density at radius 3 is 2.38 bits per heavy atom. The van der Waals surface area contributed by atoms with Crippen LogP contribution in [0.4, 0.5) is 5.69 Å². The van der Waals surface area contributed by atoms with Crippen molar-refractivity contribution in [1.82, 2.24) is 4.90 Å². The second-order valence-electron chi connectivity index (χ2n) is 6.91. The fourth-order valence-electron chi connectivity index (χ4n) is 2.52. The van der Waals surface area contributed by atoms with Crippen molar-refractivity contribution in [1.29, 1.82) is 0 Å². The van der Waals surface area contributed by atoms with Gasteiger partial charge in [-0.05, 0) is 62.0 Å². The quantitative estimate of drug-likeness (QED) is 0.475. The van der Waals surface area contributed by atoms with Gasteiger partial charge in [0.15, 0.2) is 0 Å². The third kappa shape index (κ3) is 7.63. The number of benzene rings is 2. The zero-order chi connectivity index (χ0) is 18.8. The lowest BCUT2D eigenvalue weighted by molar-refractivity contribution is -0.118. The van der Waals surface area contributed by atoms with Gasteiger partial charge in [-0.3, -0.25) is 4.79 Å². The summed E-state index contributed by atoms with van der Waals surface area (Å²) in [5.41, 5.74) is 2.27. The summed E-state index contributed by atoms with van der Waals surface area (Å²) < 4.78 is 0. The average Bonchev–Trinajstić information content (AvgIpc) is 2.65. The highest BCUT2D eigenvalue weighted by molar-refractivity contribution is 7.99. The van der Waals surface area contributed by atoms with E-state index in [1.165, 1.54) is 16.9 Å². The molecule has 0 heterocycles. The minimum Gasteiger partial charge on any atom is -0.326 e. The first-order valence-electron chi connectivity index (χ1n) is 9.31. The number of anilines is 1. The van der Waals surface area contributed by atoms with E-state index in [0.29, 0.717) is 0 Å². The number of rotatable bonds is 10. The van der Waals surface area contributed by atoms with Gasteiger partial charge in [0.25, 0.3) is 0 Å². The zero-order valence-electron chi connectivity index (χ0n) is 16.1. The first-order chi connectivity index (χ1) is 12.5. The van der Waals surface area contributed by atoms with E-state index in [2.05, 4.69) is 59.7 Å². The van der Waals surface area contributed by atoms with Gasteiger partial charge in [-0.2, -0.15) is 0 Å². The van der Waals surface area contributed by atoms with E-state index < -0.39 is 0 Å². The highest BCUT2D eigenvalue weighted by Crippen LogP contribution is 2.21. The Hall–Kier alpha value is -1.78. The average molecular weight is 371 g/mol. The van der Waals surface area contributed by atoms with Crippen LogP contribution in [0.25, 0.3) is 0 Å². The van der Waals surface area contributed by atoms with Crippen LogP contribution in [0.3, 0.4) is 0 Å². The molecule has 2 rings (SSSR count). The molecule has 3 nitrogen and oxygen atoms in total. The Balaban J connectivity index is 1.62. The van der Waals surface area contributed by atoms with Crippen LogP contribution in [0.5, 0.6) is 0 Å². The lowest BCUT2D eigenvalue weighted by Gasteiger charge is -2.16. The van der Waals surface area contributed by atoms with E-state index in [4.69, 9.17) is 0 Å². The number of nitrogens with zero attached hydrogens (tertiary/aromatic N) is 1. The standard InChI is InChI=1S/C22H30N2OS/c1-18(2)22(25)23-20-10-12-21(13-11-20)26-17-7-15-24(3)16-14-19-8-5-4-6-9-19/h4-6,8-13,18H,7,14-17H2,1-3H3,(H,23,25).